The van der Waals surface area contributed by atoms with Gasteiger partial charge in [0.25, 0.3) is 5.92 Å². The van der Waals surface area contributed by atoms with E-state index >= 15 is 0 Å². The van der Waals surface area contributed by atoms with Crippen molar-refractivity contribution in [3.05, 3.63) is 0 Å². The highest BCUT2D eigenvalue weighted by Gasteiger charge is 2.47. The Balaban J connectivity index is -0.0000000861. The van der Waals surface area contributed by atoms with Gasteiger partial charge in [0.05, 0.1) is 0 Å². The Hall–Kier alpha value is -0.350. The van der Waals surface area contributed by atoms with Gasteiger partial charge in [-0.05, 0) is 131 Å². The van der Waals surface area contributed by atoms with Crippen molar-refractivity contribution in [2.75, 3.05) is 0 Å². The molecule has 1 aliphatic carbocycles. The fourth-order valence-electron chi connectivity index (χ4n) is 8.14. The van der Waals surface area contributed by atoms with E-state index < -0.39 is 36.3 Å². The second-order valence-corrected chi connectivity index (χ2v) is 31.3. The van der Waals surface area contributed by atoms with E-state index in [1.807, 2.05) is 27.7 Å². The summed E-state index contributed by atoms with van der Waals surface area (Å²) in [5.41, 5.74) is 1.25. The van der Waals surface area contributed by atoms with Crippen molar-refractivity contribution < 1.29 is 22.0 Å². The molecule has 0 aliphatic heterocycles. The minimum Gasteiger partial charge on any atom is -0.247 e. The standard InChI is InChI=1S/C9H18F2.C9H18.2C9H20.2C8H18.C7H14F2.C7H15F.C7H16.2CH4/c1-6(2)8(10)5-9(11)7(3)4;1-7(2)9(5-6-9)8(3)4;1-7(2)9(5,6)8(3)4;1-8(2)6-5-7-9(3)4;1-7(2)5-6-8(3)4;1-6(2)8(5)7(3)4;1-5(2)7(8,9)6(3)4;1-5(2)7(8)6(3)4;1-6(2)5-7(3)4;;/h6-9H,5H2,1-4H3;7-8H,5-6H2,1-4H3;7-8H,1-6H3;8-9H,5-7H2,1-4H3;7-8H,5-6H2,1-4H3;6-8H,1-5H3;5-6H,1-4H3;5-7H,1-4H3;6-7H,5H2,1-4H3;2*1H4. The smallest absolute Gasteiger partial charge is 0.247 e. The molecule has 1 rings (SSSR count). The molecule has 0 amide bonds. The Kier molecular flexibility index (Phi) is 70.1. The SMILES string of the molecule is C.C.CC(C)C(C)(C)C(C)C.CC(C)C(C)C(C)C.CC(C)C(F)(F)C(C)C.CC(C)C(F)C(C)C.CC(C)C(F)CC(F)C(C)C.CC(C)C1(C(C)C)CC1.CC(C)CC(C)C.CC(C)CCC(C)C.CC(C)CCCC(C)C. The van der Waals surface area contributed by atoms with Crippen LogP contribution < -0.4 is 0 Å². The Morgan fingerprint density at radius 2 is 0.575 bits per heavy atom. The summed E-state index contributed by atoms with van der Waals surface area (Å²) in [4.78, 5) is 0. The summed E-state index contributed by atoms with van der Waals surface area (Å²) in [6.45, 7) is 82.9. The second-order valence-electron chi connectivity index (χ2n) is 31.3. The molecule has 0 N–H and O–H groups in total. The number of halogens is 5. The molecule has 0 aromatic heterocycles. The van der Waals surface area contributed by atoms with Crippen LogP contribution in [0.5, 0.6) is 0 Å². The summed E-state index contributed by atoms with van der Waals surface area (Å²) in [5.74, 6) is 7.88. The lowest BCUT2D eigenvalue weighted by atomic mass is 9.72. The highest BCUT2D eigenvalue weighted by Crippen LogP contribution is 2.57. The molecule has 0 aromatic carbocycles. The Morgan fingerprint density at radius 3 is 0.637 bits per heavy atom. The molecule has 5 heteroatoms. The summed E-state index contributed by atoms with van der Waals surface area (Å²) in [6, 6.07) is 0. The summed E-state index contributed by atoms with van der Waals surface area (Å²) >= 11 is 0. The molecule has 0 heterocycles. The van der Waals surface area contributed by atoms with E-state index in [0.29, 0.717) is 5.41 Å². The summed E-state index contributed by atoms with van der Waals surface area (Å²) in [7, 11) is 0. The second kappa shape index (κ2) is 55.2. The Labute approximate surface area is 510 Å². The average Bonchev–Trinajstić information content (AvgIpc) is 4.09. The molecule has 0 radical (unpaired) electrons. The molecule has 2 atom stereocenters. The molecule has 1 saturated carbocycles. The van der Waals surface area contributed by atoms with Gasteiger partial charge in [-0.1, -0.05) is 317 Å². The van der Waals surface area contributed by atoms with Gasteiger partial charge < -0.3 is 0 Å². The van der Waals surface area contributed by atoms with E-state index in [-0.39, 0.29) is 44.9 Å². The number of rotatable bonds is 23. The van der Waals surface area contributed by atoms with Crippen LogP contribution in [0.1, 0.15) is 343 Å². The van der Waals surface area contributed by atoms with Crippen LogP contribution in [0.4, 0.5) is 22.0 Å². The molecule has 2 unspecified atom stereocenters. The topological polar surface area (TPSA) is 0 Å². The fourth-order valence-corrected chi connectivity index (χ4v) is 8.14. The number of alkyl halides is 5. The molecule has 1 aliphatic rings. The van der Waals surface area contributed by atoms with Crippen LogP contribution >= 0.6 is 0 Å². The Bertz CT molecular complexity index is 1050. The van der Waals surface area contributed by atoms with Crippen molar-refractivity contribution in [1.82, 2.24) is 0 Å². The van der Waals surface area contributed by atoms with Crippen molar-refractivity contribution in [2.45, 2.75) is 367 Å². The predicted molar refractivity (Wildman–Crippen MR) is 367 cm³/mol. The van der Waals surface area contributed by atoms with Crippen LogP contribution in [0.2, 0.25) is 0 Å². The normalized spacial score (nSPS) is 13.8. The van der Waals surface area contributed by atoms with Crippen LogP contribution in [0.3, 0.4) is 0 Å². The third kappa shape index (κ3) is 65.2. The van der Waals surface area contributed by atoms with Gasteiger partial charge in [0.1, 0.15) is 18.5 Å². The van der Waals surface area contributed by atoms with E-state index in [1.165, 1.54) is 51.4 Å². The summed E-state index contributed by atoms with van der Waals surface area (Å²) in [6.07, 6.45) is 8.73. The first-order chi connectivity index (χ1) is 34.8. The molecule has 0 nitrogen and oxygen atoms in total. The Morgan fingerprint density at radius 1 is 0.325 bits per heavy atom. The molecule has 0 saturated heterocycles. The van der Waals surface area contributed by atoms with Crippen LogP contribution in [0, 0.1) is 123 Å². The van der Waals surface area contributed by atoms with Crippen LogP contribution in [0.25, 0.3) is 0 Å². The van der Waals surface area contributed by atoms with Gasteiger partial charge in [0.15, 0.2) is 0 Å². The maximum atomic E-state index is 12.9. The predicted octanol–water partition coefficient (Wildman–Crippen LogP) is 28.8. The third-order valence-electron chi connectivity index (χ3n) is 16.7. The minimum absolute atomic E-state index is 0. The van der Waals surface area contributed by atoms with Gasteiger partial charge in [-0.15, -0.1) is 0 Å². The van der Waals surface area contributed by atoms with Crippen LogP contribution in [-0.4, -0.2) is 24.4 Å². The largest absolute Gasteiger partial charge is 0.252 e. The van der Waals surface area contributed by atoms with Gasteiger partial charge in [0, 0.05) is 18.3 Å². The minimum atomic E-state index is -2.50. The number of hydrogen-bond acceptors (Lipinski definition) is 0. The lowest BCUT2D eigenvalue weighted by Crippen LogP contribution is -2.29. The van der Waals surface area contributed by atoms with Crippen molar-refractivity contribution in [3.8, 4) is 0 Å². The first-order valence-electron chi connectivity index (χ1n) is 33.1. The maximum Gasteiger partial charge on any atom is 0.252 e. The quantitative estimate of drug-likeness (QED) is 0.0895. The average molecular weight is 1160 g/mol. The van der Waals surface area contributed by atoms with Gasteiger partial charge in [-0.25, -0.2) is 22.0 Å². The monoisotopic (exact) mass is 1160 g/mol. The van der Waals surface area contributed by atoms with E-state index in [2.05, 4.69) is 187 Å². The van der Waals surface area contributed by atoms with Crippen LogP contribution in [-0.2, 0) is 0 Å². The zero-order chi connectivity index (χ0) is 64.6. The van der Waals surface area contributed by atoms with Crippen LogP contribution in [0.15, 0.2) is 0 Å². The van der Waals surface area contributed by atoms with Crippen molar-refractivity contribution in [3.63, 3.8) is 0 Å². The highest BCUT2D eigenvalue weighted by atomic mass is 19.3. The molecule has 0 bridgehead atoms. The van der Waals surface area contributed by atoms with E-state index in [0.717, 1.165) is 82.3 Å². The molecule has 80 heavy (non-hydrogen) atoms. The first-order valence-corrected chi connectivity index (χ1v) is 33.1. The van der Waals surface area contributed by atoms with E-state index in [1.54, 1.807) is 55.4 Å². The zero-order valence-corrected chi connectivity index (χ0v) is 61.5. The lowest BCUT2D eigenvalue weighted by molar-refractivity contribution is -0.0857. The zero-order valence-electron chi connectivity index (χ0n) is 61.5. The molecule has 0 aromatic rings. The molecular weight excluding hydrogens is 996 g/mol. The van der Waals surface area contributed by atoms with Gasteiger partial charge in [0.2, 0.25) is 0 Å². The van der Waals surface area contributed by atoms with Gasteiger partial charge in [-0.3, -0.25) is 0 Å². The summed E-state index contributed by atoms with van der Waals surface area (Å²) in [5, 5.41) is 0. The third-order valence-corrected chi connectivity index (χ3v) is 16.7. The van der Waals surface area contributed by atoms with Crippen molar-refractivity contribution in [2.24, 2.45) is 123 Å². The van der Waals surface area contributed by atoms with Crippen molar-refractivity contribution in [1.29, 1.82) is 0 Å². The molecule has 500 valence electrons. The molecule has 0 spiro atoms. The maximum absolute atomic E-state index is 12.9. The number of hydrogen-bond donors (Lipinski definition) is 0. The van der Waals surface area contributed by atoms with Gasteiger partial charge >= 0.3 is 0 Å². The van der Waals surface area contributed by atoms with Crippen molar-refractivity contribution >= 4 is 0 Å². The molecular formula is C75H165F5. The lowest BCUT2D eigenvalue weighted by Gasteiger charge is -2.33. The molecule has 1 fully saturated rings. The highest BCUT2D eigenvalue weighted by molar-refractivity contribution is 4.97. The first kappa shape index (κ1) is 102. The summed E-state index contributed by atoms with van der Waals surface area (Å²) < 4.78 is 63.8. The fraction of sp³-hybridized carbons (Fsp3) is 1.00. The van der Waals surface area contributed by atoms with Gasteiger partial charge in [-0.2, -0.15) is 0 Å². The van der Waals surface area contributed by atoms with E-state index in [9.17, 15) is 22.0 Å². The van der Waals surface area contributed by atoms with E-state index in [4.69, 9.17) is 0 Å².